The maximum Gasteiger partial charge on any atom is 0.145 e. The highest BCUT2D eigenvalue weighted by Crippen LogP contribution is 2.07. The van der Waals surface area contributed by atoms with Crippen molar-refractivity contribution in [1.29, 1.82) is 0 Å². The minimum atomic E-state index is 0.397. The number of nitroso groups, excluding NO2 is 1. The largest absolute Gasteiger partial charge is 0.270 e. The second-order valence-electron chi connectivity index (χ2n) is 2.05. The summed E-state index contributed by atoms with van der Waals surface area (Å²) in [6, 6.07) is 0. The SMILES string of the molecule is CCCn1cc(N=O)cn1. The van der Waals surface area contributed by atoms with E-state index in [1.807, 2.05) is 0 Å². The van der Waals surface area contributed by atoms with Gasteiger partial charge in [-0.25, -0.2) is 0 Å². The molecule has 0 N–H and O–H groups in total. The molecule has 4 heteroatoms. The predicted molar refractivity (Wildman–Crippen MR) is 38.0 cm³/mol. The molecule has 0 saturated carbocycles. The van der Waals surface area contributed by atoms with Gasteiger partial charge in [0, 0.05) is 6.54 Å². The van der Waals surface area contributed by atoms with E-state index in [1.165, 1.54) is 6.20 Å². The van der Waals surface area contributed by atoms with Crippen LogP contribution in [0.4, 0.5) is 5.69 Å². The van der Waals surface area contributed by atoms with E-state index in [0.29, 0.717) is 5.69 Å². The Kier molecular flexibility index (Phi) is 2.15. The Hall–Kier alpha value is -1.19. The molecule has 0 amide bonds. The molecule has 0 atom stereocenters. The Morgan fingerprint density at radius 2 is 2.60 bits per heavy atom. The molecule has 1 rings (SSSR count). The van der Waals surface area contributed by atoms with Crippen LogP contribution in [-0.4, -0.2) is 9.78 Å². The van der Waals surface area contributed by atoms with Crippen LogP contribution >= 0.6 is 0 Å². The summed E-state index contributed by atoms with van der Waals surface area (Å²) in [6.07, 6.45) is 4.11. The van der Waals surface area contributed by atoms with Gasteiger partial charge in [0.05, 0.1) is 12.4 Å². The van der Waals surface area contributed by atoms with Gasteiger partial charge in [-0.3, -0.25) is 4.68 Å². The van der Waals surface area contributed by atoms with Crippen LogP contribution in [0.25, 0.3) is 0 Å². The number of aryl methyl sites for hydroxylation is 1. The molecular formula is C6H9N3O. The van der Waals surface area contributed by atoms with Gasteiger partial charge in [-0.2, -0.15) is 5.10 Å². The molecule has 10 heavy (non-hydrogen) atoms. The summed E-state index contributed by atoms with van der Waals surface area (Å²) < 4.78 is 1.71. The Morgan fingerprint density at radius 1 is 1.80 bits per heavy atom. The molecule has 4 nitrogen and oxygen atoms in total. The summed E-state index contributed by atoms with van der Waals surface area (Å²) in [7, 11) is 0. The summed E-state index contributed by atoms with van der Waals surface area (Å²) in [6.45, 7) is 2.89. The van der Waals surface area contributed by atoms with E-state index in [-0.39, 0.29) is 0 Å². The lowest BCUT2D eigenvalue weighted by Crippen LogP contribution is -1.95. The highest BCUT2D eigenvalue weighted by atomic mass is 16.3. The Bertz CT molecular complexity index is 219. The maximum absolute atomic E-state index is 9.92. The van der Waals surface area contributed by atoms with Crippen molar-refractivity contribution in [2.75, 3.05) is 0 Å². The monoisotopic (exact) mass is 139 g/mol. The van der Waals surface area contributed by atoms with Gasteiger partial charge in [0.25, 0.3) is 0 Å². The molecule has 0 unspecified atom stereocenters. The third-order valence-corrected chi connectivity index (χ3v) is 1.18. The van der Waals surface area contributed by atoms with E-state index in [2.05, 4.69) is 17.2 Å². The summed E-state index contributed by atoms with van der Waals surface area (Å²) in [5.41, 5.74) is 0.397. The number of hydrogen-bond donors (Lipinski definition) is 0. The molecule has 0 aromatic carbocycles. The van der Waals surface area contributed by atoms with Gasteiger partial charge in [0.1, 0.15) is 5.69 Å². The molecule has 0 saturated heterocycles. The van der Waals surface area contributed by atoms with Crippen LogP contribution < -0.4 is 0 Å². The zero-order valence-corrected chi connectivity index (χ0v) is 5.82. The topological polar surface area (TPSA) is 47.2 Å². The average molecular weight is 139 g/mol. The molecule has 0 fully saturated rings. The number of rotatable bonds is 3. The lowest BCUT2D eigenvalue weighted by atomic mass is 10.5. The fraction of sp³-hybridized carbons (Fsp3) is 0.500. The van der Waals surface area contributed by atoms with Crippen LogP contribution in [0.1, 0.15) is 13.3 Å². The standard InChI is InChI=1S/C6H9N3O/c1-2-3-9-5-6(8-10)4-7-9/h4-5H,2-3H2,1H3. The highest BCUT2D eigenvalue weighted by Gasteiger charge is 1.94. The highest BCUT2D eigenvalue weighted by molar-refractivity contribution is 5.29. The fourth-order valence-electron chi connectivity index (χ4n) is 0.751. The van der Waals surface area contributed by atoms with Crippen molar-refractivity contribution in [2.24, 2.45) is 5.18 Å². The first-order valence-corrected chi connectivity index (χ1v) is 3.22. The second kappa shape index (κ2) is 3.10. The molecular weight excluding hydrogens is 130 g/mol. The minimum Gasteiger partial charge on any atom is -0.270 e. The van der Waals surface area contributed by atoms with E-state index in [1.54, 1.807) is 10.9 Å². The molecule has 54 valence electrons. The summed E-state index contributed by atoms with van der Waals surface area (Å²) in [4.78, 5) is 9.92. The zero-order valence-electron chi connectivity index (χ0n) is 5.82. The first-order chi connectivity index (χ1) is 4.86. The van der Waals surface area contributed by atoms with Gasteiger partial charge >= 0.3 is 0 Å². The second-order valence-corrected chi connectivity index (χ2v) is 2.05. The molecule has 0 radical (unpaired) electrons. The van der Waals surface area contributed by atoms with Gasteiger partial charge in [-0.15, -0.1) is 4.91 Å². The van der Waals surface area contributed by atoms with Crippen LogP contribution in [0.2, 0.25) is 0 Å². The van der Waals surface area contributed by atoms with Crippen molar-refractivity contribution < 1.29 is 0 Å². The van der Waals surface area contributed by atoms with Crippen molar-refractivity contribution in [3.05, 3.63) is 17.3 Å². The molecule has 0 aliphatic rings. The Morgan fingerprint density at radius 3 is 3.10 bits per heavy atom. The van der Waals surface area contributed by atoms with E-state index in [4.69, 9.17) is 0 Å². The zero-order chi connectivity index (χ0) is 7.40. The van der Waals surface area contributed by atoms with Gasteiger partial charge in [0.2, 0.25) is 0 Å². The summed E-state index contributed by atoms with van der Waals surface area (Å²) in [5, 5.41) is 6.64. The molecule has 0 bridgehead atoms. The lowest BCUT2D eigenvalue weighted by Gasteiger charge is -1.92. The number of aromatic nitrogens is 2. The van der Waals surface area contributed by atoms with Crippen molar-refractivity contribution in [3.63, 3.8) is 0 Å². The van der Waals surface area contributed by atoms with Crippen LogP contribution in [0, 0.1) is 4.91 Å². The fourth-order valence-corrected chi connectivity index (χ4v) is 0.751. The molecule has 1 aromatic rings. The smallest absolute Gasteiger partial charge is 0.145 e. The third-order valence-electron chi connectivity index (χ3n) is 1.18. The Labute approximate surface area is 58.8 Å². The Balaban J connectivity index is 2.68. The lowest BCUT2D eigenvalue weighted by molar-refractivity contribution is 0.603. The first kappa shape index (κ1) is 6.92. The van der Waals surface area contributed by atoms with Gasteiger partial charge in [0.15, 0.2) is 0 Å². The van der Waals surface area contributed by atoms with E-state index in [0.717, 1.165) is 13.0 Å². The van der Waals surface area contributed by atoms with Crippen LogP contribution in [0.3, 0.4) is 0 Å². The van der Waals surface area contributed by atoms with Crippen LogP contribution in [-0.2, 0) is 6.54 Å². The van der Waals surface area contributed by atoms with E-state index in [9.17, 15) is 4.91 Å². The predicted octanol–water partition coefficient (Wildman–Crippen LogP) is 1.69. The van der Waals surface area contributed by atoms with Crippen LogP contribution in [0.15, 0.2) is 17.6 Å². The first-order valence-electron chi connectivity index (χ1n) is 3.22. The molecule has 1 aromatic heterocycles. The summed E-state index contributed by atoms with van der Waals surface area (Å²) in [5.74, 6) is 0. The van der Waals surface area contributed by atoms with E-state index < -0.39 is 0 Å². The van der Waals surface area contributed by atoms with Gasteiger partial charge < -0.3 is 0 Å². The number of hydrogen-bond acceptors (Lipinski definition) is 3. The number of nitrogens with zero attached hydrogens (tertiary/aromatic N) is 3. The van der Waals surface area contributed by atoms with Crippen molar-refractivity contribution in [2.45, 2.75) is 19.9 Å². The average Bonchev–Trinajstić information content (AvgIpc) is 2.37. The van der Waals surface area contributed by atoms with E-state index >= 15 is 0 Å². The van der Waals surface area contributed by atoms with Crippen molar-refractivity contribution in [3.8, 4) is 0 Å². The van der Waals surface area contributed by atoms with Crippen molar-refractivity contribution in [1.82, 2.24) is 9.78 Å². The van der Waals surface area contributed by atoms with Crippen molar-refractivity contribution >= 4 is 5.69 Å². The molecule has 1 heterocycles. The summed E-state index contributed by atoms with van der Waals surface area (Å²) >= 11 is 0. The third kappa shape index (κ3) is 1.40. The van der Waals surface area contributed by atoms with Crippen LogP contribution in [0.5, 0.6) is 0 Å². The normalized spacial score (nSPS) is 9.70. The maximum atomic E-state index is 9.92. The quantitative estimate of drug-likeness (QED) is 0.598. The minimum absolute atomic E-state index is 0.397. The van der Waals surface area contributed by atoms with Gasteiger partial charge in [-0.1, -0.05) is 6.92 Å². The van der Waals surface area contributed by atoms with Gasteiger partial charge in [-0.05, 0) is 11.6 Å². The molecule has 0 aliphatic carbocycles. The molecule has 0 spiro atoms. The molecule has 0 aliphatic heterocycles.